The molecule has 0 spiro atoms. The molecule has 0 bridgehead atoms. The Labute approximate surface area is 136 Å². The molecule has 0 saturated heterocycles. The van der Waals surface area contributed by atoms with Crippen molar-refractivity contribution >= 4 is 34.4 Å². The number of para-hydroxylation sites is 1. The van der Waals surface area contributed by atoms with E-state index in [9.17, 15) is 13.2 Å². The van der Waals surface area contributed by atoms with Crippen LogP contribution in [0.25, 0.3) is 0 Å². The lowest BCUT2D eigenvalue weighted by Crippen LogP contribution is -2.38. The van der Waals surface area contributed by atoms with E-state index in [2.05, 4.69) is 15.8 Å². The van der Waals surface area contributed by atoms with Crippen LogP contribution in [0.4, 0.5) is 24.5 Å². The van der Waals surface area contributed by atoms with Gasteiger partial charge in [0, 0.05) is 0 Å². The van der Waals surface area contributed by atoms with E-state index in [4.69, 9.17) is 18.0 Å². The molecule has 8 heteroatoms. The fraction of sp³-hybridized carbons (Fsp3) is 0.0667. The van der Waals surface area contributed by atoms with E-state index in [1.165, 1.54) is 12.1 Å². The van der Waals surface area contributed by atoms with E-state index in [1.54, 1.807) is 24.3 Å². The maximum Gasteiger partial charge on any atom is 0.416 e. The molecule has 0 aliphatic heterocycles. The van der Waals surface area contributed by atoms with Gasteiger partial charge in [0.05, 0.1) is 16.9 Å². The molecular formula is C15H13F3N4S. The molecule has 23 heavy (non-hydrogen) atoms. The molecule has 0 fully saturated rings. The minimum atomic E-state index is -4.41. The first-order valence-corrected chi connectivity index (χ1v) is 6.90. The quantitative estimate of drug-likeness (QED) is 0.346. The second-order valence-electron chi connectivity index (χ2n) is 4.49. The zero-order chi connectivity index (χ0) is 16.9. The number of aliphatic imine (C=N–C) groups is 1. The van der Waals surface area contributed by atoms with Crippen LogP contribution >= 0.6 is 12.2 Å². The van der Waals surface area contributed by atoms with Crippen LogP contribution in [-0.2, 0) is 6.18 Å². The third-order valence-electron chi connectivity index (χ3n) is 2.75. The molecule has 0 heterocycles. The highest BCUT2D eigenvalue weighted by Gasteiger charge is 2.30. The summed E-state index contributed by atoms with van der Waals surface area (Å²) >= 11 is 4.88. The molecule has 4 nitrogen and oxygen atoms in total. The lowest BCUT2D eigenvalue weighted by Gasteiger charge is -2.13. The van der Waals surface area contributed by atoms with Crippen LogP contribution in [0.1, 0.15) is 5.56 Å². The van der Waals surface area contributed by atoms with Crippen LogP contribution in [0, 0.1) is 0 Å². The average Bonchev–Trinajstić information content (AvgIpc) is 2.51. The number of nitrogens with zero attached hydrogens (tertiary/aromatic N) is 1. The molecule has 2 aromatic carbocycles. The van der Waals surface area contributed by atoms with Gasteiger partial charge in [-0.3, -0.25) is 10.9 Å². The fourth-order valence-electron chi connectivity index (χ4n) is 1.68. The summed E-state index contributed by atoms with van der Waals surface area (Å²) < 4.78 is 38.0. The number of amidine groups is 1. The molecule has 2 rings (SSSR count). The Bertz CT molecular complexity index is 714. The molecule has 0 atom stereocenters. The third kappa shape index (κ3) is 4.96. The van der Waals surface area contributed by atoms with Crippen molar-refractivity contribution in [2.24, 2.45) is 10.7 Å². The Morgan fingerprint density at radius 3 is 2.35 bits per heavy atom. The van der Waals surface area contributed by atoms with Crippen molar-refractivity contribution in [2.45, 2.75) is 6.18 Å². The number of hydrogen-bond donors (Lipinski definition) is 3. The number of anilines is 1. The maximum atomic E-state index is 12.7. The largest absolute Gasteiger partial charge is 0.416 e. The molecule has 0 aliphatic rings. The second-order valence-corrected chi connectivity index (χ2v) is 4.93. The zero-order valence-electron chi connectivity index (χ0n) is 11.8. The van der Waals surface area contributed by atoms with E-state index in [0.717, 1.165) is 12.1 Å². The van der Waals surface area contributed by atoms with Gasteiger partial charge < -0.3 is 5.73 Å². The first kappa shape index (κ1) is 16.8. The van der Waals surface area contributed by atoms with Gasteiger partial charge in [-0.15, -0.1) is 0 Å². The Morgan fingerprint density at radius 1 is 1.04 bits per heavy atom. The number of nitrogens with one attached hydrogen (secondary N) is 2. The Hall–Kier alpha value is -2.61. The number of hydrogen-bond acceptors (Lipinski definition) is 3. The lowest BCUT2D eigenvalue weighted by atomic mass is 10.2. The van der Waals surface area contributed by atoms with Gasteiger partial charge in [0.2, 0.25) is 0 Å². The molecule has 0 unspecified atom stereocenters. The molecule has 0 amide bonds. The molecule has 0 aromatic heterocycles. The predicted octanol–water partition coefficient (Wildman–Crippen LogP) is 3.64. The summed E-state index contributed by atoms with van der Waals surface area (Å²) in [5, 5.41) is 0. The summed E-state index contributed by atoms with van der Waals surface area (Å²) in [6.45, 7) is 0. The van der Waals surface area contributed by atoms with E-state index >= 15 is 0 Å². The number of benzene rings is 2. The molecule has 0 aliphatic carbocycles. The van der Waals surface area contributed by atoms with Crippen LogP contribution in [0.5, 0.6) is 0 Å². The Kier molecular flexibility index (Phi) is 5.17. The van der Waals surface area contributed by atoms with E-state index in [-0.39, 0.29) is 16.5 Å². The summed E-state index contributed by atoms with van der Waals surface area (Å²) in [5.41, 5.74) is 10.9. The second kappa shape index (κ2) is 7.10. The summed E-state index contributed by atoms with van der Waals surface area (Å²) in [6.07, 6.45) is -4.41. The zero-order valence-corrected chi connectivity index (χ0v) is 12.6. The topological polar surface area (TPSA) is 62.4 Å². The van der Waals surface area contributed by atoms with E-state index < -0.39 is 11.7 Å². The van der Waals surface area contributed by atoms with Crippen molar-refractivity contribution in [1.29, 1.82) is 0 Å². The highest BCUT2D eigenvalue weighted by Crippen LogP contribution is 2.30. The molecule has 4 N–H and O–H groups in total. The van der Waals surface area contributed by atoms with Crippen LogP contribution in [0.3, 0.4) is 0 Å². The standard InChI is InChI=1S/C15H13F3N4S/c16-15(17,18)10-5-4-8-12(9-10)21-22-14(13(19)23)20-11-6-2-1-3-7-11/h1-9,21H,(H2,19,23)(H,20,22). The molecule has 2 aromatic rings. The summed E-state index contributed by atoms with van der Waals surface area (Å²) in [5.74, 6) is 0.142. The molecular weight excluding hydrogens is 325 g/mol. The van der Waals surface area contributed by atoms with Crippen molar-refractivity contribution in [3.8, 4) is 0 Å². The maximum absolute atomic E-state index is 12.7. The van der Waals surface area contributed by atoms with Gasteiger partial charge in [0.1, 0.15) is 4.99 Å². The summed E-state index contributed by atoms with van der Waals surface area (Å²) in [7, 11) is 0. The lowest BCUT2D eigenvalue weighted by molar-refractivity contribution is -0.137. The van der Waals surface area contributed by atoms with Gasteiger partial charge in [0.25, 0.3) is 0 Å². The number of rotatable bonds is 3. The summed E-state index contributed by atoms with van der Waals surface area (Å²) in [6, 6.07) is 13.6. The smallest absolute Gasteiger partial charge is 0.387 e. The first-order valence-electron chi connectivity index (χ1n) is 6.49. The van der Waals surface area contributed by atoms with Crippen molar-refractivity contribution < 1.29 is 13.2 Å². The van der Waals surface area contributed by atoms with Gasteiger partial charge in [-0.2, -0.15) is 13.2 Å². The van der Waals surface area contributed by atoms with E-state index in [1.807, 2.05) is 6.07 Å². The Morgan fingerprint density at radius 2 is 1.74 bits per heavy atom. The Balaban J connectivity index is 2.14. The minimum absolute atomic E-state index is 0.0201. The highest BCUT2D eigenvalue weighted by atomic mass is 32.1. The monoisotopic (exact) mass is 338 g/mol. The number of thiocarbonyl (C=S) groups is 1. The van der Waals surface area contributed by atoms with Crippen molar-refractivity contribution in [3.63, 3.8) is 0 Å². The first-order chi connectivity index (χ1) is 10.9. The highest BCUT2D eigenvalue weighted by molar-refractivity contribution is 7.82. The molecule has 0 saturated carbocycles. The van der Waals surface area contributed by atoms with Gasteiger partial charge in [0.15, 0.2) is 5.84 Å². The summed E-state index contributed by atoms with van der Waals surface area (Å²) in [4.78, 5) is 4.18. The van der Waals surface area contributed by atoms with E-state index in [0.29, 0.717) is 5.69 Å². The predicted molar refractivity (Wildman–Crippen MR) is 88.5 cm³/mol. The SMILES string of the molecule is NC(=S)C(=Nc1ccccc1)NNc1cccc(C(F)(F)F)c1. The van der Waals surface area contributed by atoms with Crippen LogP contribution in [-0.4, -0.2) is 10.8 Å². The molecule has 120 valence electrons. The van der Waals surface area contributed by atoms with Crippen LogP contribution in [0.15, 0.2) is 59.6 Å². The van der Waals surface area contributed by atoms with Gasteiger partial charge in [-0.05, 0) is 30.3 Å². The van der Waals surface area contributed by atoms with Gasteiger partial charge >= 0.3 is 6.18 Å². The van der Waals surface area contributed by atoms with Gasteiger partial charge in [-0.25, -0.2) is 4.99 Å². The number of nitrogens with two attached hydrogens (primary N) is 1. The average molecular weight is 338 g/mol. The third-order valence-corrected chi connectivity index (χ3v) is 2.94. The fourth-order valence-corrected chi connectivity index (χ4v) is 1.78. The van der Waals surface area contributed by atoms with Crippen LogP contribution in [0.2, 0.25) is 0 Å². The van der Waals surface area contributed by atoms with Gasteiger partial charge in [-0.1, -0.05) is 36.5 Å². The van der Waals surface area contributed by atoms with Crippen LogP contribution < -0.4 is 16.6 Å². The molecule has 0 radical (unpaired) electrons. The van der Waals surface area contributed by atoms with Crippen molar-refractivity contribution in [3.05, 3.63) is 60.2 Å². The minimum Gasteiger partial charge on any atom is -0.387 e. The number of hydrazine groups is 1. The number of alkyl halides is 3. The normalized spacial score (nSPS) is 11.9. The van der Waals surface area contributed by atoms with Crippen molar-refractivity contribution in [1.82, 2.24) is 5.43 Å². The van der Waals surface area contributed by atoms with Crippen molar-refractivity contribution in [2.75, 3.05) is 5.43 Å². The number of halogens is 3.